The maximum Gasteiger partial charge on any atom is 0.257 e. The molecule has 25 heavy (non-hydrogen) atoms. The van der Waals surface area contributed by atoms with E-state index in [9.17, 15) is 9.59 Å². The van der Waals surface area contributed by atoms with Gasteiger partial charge in [0, 0.05) is 23.7 Å². The van der Waals surface area contributed by atoms with Crippen LogP contribution in [0.1, 0.15) is 27.2 Å². The molecule has 0 bridgehead atoms. The van der Waals surface area contributed by atoms with Gasteiger partial charge in [0.25, 0.3) is 5.91 Å². The van der Waals surface area contributed by atoms with Gasteiger partial charge < -0.3 is 20.1 Å². The standard InChI is InChI=1S/C18H25ClN2O4/c1-13(21-17(23)12-25-18(2,3)4)9-10-20-16(22)11-24-15-7-5-14(19)6-8-15/h5-8H,1,9-12H2,2-4H3,(H,20,22)(H,21,23). The van der Waals surface area contributed by atoms with Crippen molar-refractivity contribution in [2.75, 3.05) is 19.8 Å². The van der Waals surface area contributed by atoms with Gasteiger partial charge in [-0.1, -0.05) is 18.2 Å². The van der Waals surface area contributed by atoms with Crippen molar-refractivity contribution in [2.24, 2.45) is 0 Å². The van der Waals surface area contributed by atoms with Crippen molar-refractivity contribution < 1.29 is 19.1 Å². The quantitative estimate of drug-likeness (QED) is 0.702. The summed E-state index contributed by atoms with van der Waals surface area (Å²) in [6, 6.07) is 6.75. The number of benzene rings is 1. The van der Waals surface area contributed by atoms with Crippen LogP contribution in [0.25, 0.3) is 0 Å². The van der Waals surface area contributed by atoms with E-state index in [1.807, 2.05) is 20.8 Å². The largest absolute Gasteiger partial charge is 0.484 e. The van der Waals surface area contributed by atoms with Crippen molar-refractivity contribution in [1.29, 1.82) is 0 Å². The van der Waals surface area contributed by atoms with Gasteiger partial charge in [0.05, 0.1) is 5.60 Å². The van der Waals surface area contributed by atoms with E-state index in [4.69, 9.17) is 21.1 Å². The first-order valence-corrected chi connectivity index (χ1v) is 8.30. The van der Waals surface area contributed by atoms with Gasteiger partial charge in [-0.15, -0.1) is 0 Å². The number of carbonyl (C=O) groups is 2. The zero-order valence-corrected chi connectivity index (χ0v) is 15.6. The molecule has 0 heterocycles. The molecule has 2 amide bonds. The zero-order chi connectivity index (χ0) is 18.9. The summed E-state index contributed by atoms with van der Waals surface area (Å²) in [4.78, 5) is 23.4. The number of amides is 2. The molecule has 7 heteroatoms. The topological polar surface area (TPSA) is 76.7 Å². The van der Waals surface area contributed by atoms with Crippen LogP contribution in [0.5, 0.6) is 5.75 Å². The summed E-state index contributed by atoms with van der Waals surface area (Å²) in [7, 11) is 0. The van der Waals surface area contributed by atoms with Crippen LogP contribution in [0.4, 0.5) is 0 Å². The molecule has 2 N–H and O–H groups in total. The predicted molar refractivity (Wildman–Crippen MR) is 97.6 cm³/mol. The summed E-state index contributed by atoms with van der Waals surface area (Å²) in [5.74, 6) is 0.0394. The van der Waals surface area contributed by atoms with Crippen LogP contribution in [0, 0.1) is 0 Å². The summed E-state index contributed by atoms with van der Waals surface area (Å²) in [5.41, 5.74) is 0.137. The monoisotopic (exact) mass is 368 g/mol. The van der Waals surface area contributed by atoms with E-state index in [0.29, 0.717) is 29.4 Å². The molecule has 0 saturated heterocycles. The van der Waals surface area contributed by atoms with Gasteiger partial charge in [-0.3, -0.25) is 9.59 Å². The van der Waals surface area contributed by atoms with Gasteiger partial charge in [0.2, 0.25) is 5.91 Å². The van der Waals surface area contributed by atoms with Crippen molar-refractivity contribution in [2.45, 2.75) is 32.8 Å². The van der Waals surface area contributed by atoms with E-state index < -0.39 is 0 Å². The minimum atomic E-state index is -0.378. The van der Waals surface area contributed by atoms with Crippen molar-refractivity contribution in [3.8, 4) is 5.75 Å². The molecule has 0 fully saturated rings. The molecule has 0 atom stereocenters. The molecule has 0 aliphatic rings. The highest BCUT2D eigenvalue weighted by atomic mass is 35.5. The fraction of sp³-hybridized carbons (Fsp3) is 0.444. The van der Waals surface area contributed by atoms with E-state index in [-0.39, 0.29) is 30.6 Å². The van der Waals surface area contributed by atoms with Crippen molar-refractivity contribution in [3.63, 3.8) is 0 Å². The van der Waals surface area contributed by atoms with Gasteiger partial charge in [0.1, 0.15) is 12.4 Å². The molecule has 0 saturated carbocycles. The maximum atomic E-state index is 11.7. The fourth-order valence-corrected chi connectivity index (χ4v) is 1.79. The summed E-state index contributed by atoms with van der Waals surface area (Å²) < 4.78 is 10.7. The molecule has 138 valence electrons. The van der Waals surface area contributed by atoms with Crippen LogP contribution in [0.3, 0.4) is 0 Å². The molecule has 0 aliphatic heterocycles. The fourth-order valence-electron chi connectivity index (χ4n) is 1.66. The molecule has 0 aromatic heterocycles. The predicted octanol–water partition coefficient (Wildman–Crippen LogP) is 2.67. The molecular formula is C18H25ClN2O4. The SMILES string of the molecule is C=C(CCNC(=O)COc1ccc(Cl)cc1)NC(=O)COC(C)(C)C. The molecule has 0 aliphatic carbocycles. The smallest absolute Gasteiger partial charge is 0.257 e. The minimum Gasteiger partial charge on any atom is -0.484 e. The Labute approximate surface area is 153 Å². The normalized spacial score (nSPS) is 10.9. The van der Waals surface area contributed by atoms with E-state index in [2.05, 4.69) is 17.2 Å². The van der Waals surface area contributed by atoms with E-state index in [1.165, 1.54) is 0 Å². The Morgan fingerprint density at radius 2 is 1.76 bits per heavy atom. The van der Waals surface area contributed by atoms with E-state index in [1.54, 1.807) is 24.3 Å². The molecule has 6 nitrogen and oxygen atoms in total. The maximum absolute atomic E-state index is 11.7. The molecular weight excluding hydrogens is 344 g/mol. The van der Waals surface area contributed by atoms with Gasteiger partial charge in [-0.25, -0.2) is 0 Å². The highest BCUT2D eigenvalue weighted by Gasteiger charge is 2.13. The number of carbonyl (C=O) groups excluding carboxylic acids is 2. The van der Waals surface area contributed by atoms with Gasteiger partial charge >= 0.3 is 0 Å². The Kier molecular flexibility index (Phi) is 8.45. The Morgan fingerprint density at radius 1 is 1.12 bits per heavy atom. The van der Waals surface area contributed by atoms with E-state index >= 15 is 0 Å². The number of ether oxygens (including phenoxy) is 2. The second kappa shape index (κ2) is 10.1. The molecule has 1 rings (SSSR count). The average Bonchev–Trinajstić information content (AvgIpc) is 2.52. The first kappa shape index (κ1) is 21.0. The first-order chi connectivity index (χ1) is 11.7. The third-order valence-electron chi connectivity index (χ3n) is 2.88. The number of nitrogens with one attached hydrogen (secondary N) is 2. The van der Waals surface area contributed by atoms with Crippen molar-refractivity contribution >= 4 is 23.4 Å². The van der Waals surface area contributed by atoms with Crippen LogP contribution in [0.2, 0.25) is 5.02 Å². The van der Waals surface area contributed by atoms with Gasteiger partial charge in [-0.05, 0) is 45.0 Å². The molecule has 0 unspecified atom stereocenters. The Bertz CT molecular complexity index is 594. The summed E-state index contributed by atoms with van der Waals surface area (Å²) >= 11 is 5.77. The second-order valence-corrected chi connectivity index (χ2v) is 6.83. The lowest BCUT2D eigenvalue weighted by atomic mass is 10.2. The molecule has 0 radical (unpaired) electrons. The molecule has 1 aromatic carbocycles. The Balaban J connectivity index is 2.16. The van der Waals surface area contributed by atoms with Crippen molar-refractivity contribution in [3.05, 3.63) is 41.6 Å². The second-order valence-electron chi connectivity index (χ2n) is 6.40. The summed E-state index contributed by atoms with van der Waals surface area (Å²) in [5, 5.41) is 5.93. The highest BCUT2D eigenvalue weighted by Crippen LogP contribution is 2.15. The lowest BCUT2D eigenvalue weighted by molar-refractivity contribution is -0.129. The Hall–Kier alpha value is -2.05. The van der Waals surface area contributed by atoms with Crippen LogP contribution >= 0.6 is 11.6 Å². The first-order valence-electron chi connectivity index (χ1n) is 7.92. The zero-order valence-electron chi connectivity index (χ0n) is 14.9. The van der Waals surface area contributed by atoms with Crippen molar-refractivity contribution in [1.82, 2.24) is 10.6 Å². The average molecular weight is 369 g/mol. The third-order valence-corrected chi connectivity index (χ3v) is 3.14. The van der Waals surface area contributed by atoms with Crippen LogP contribution in [-0.2, 0) is 14.3 Å². The number of hydrogen-bond acceptors (Lipinski definition) is 4. The van der Waals surface area contributed by atoms with Gasteiger partial charge in [-0.2, -0.15) is 0 Å². The van der Waals surface area contributed by atoms with Crippen LogP contribution in [-0.4, -0.2) is 37.2 Å². The molecule has 1 aromatic rings. The number of hydrogen-bond donors (Lipinski definition) is 2. The summed E-state index contributed by atoms with van der Waals surface area (Å²) in [6.07, 6.45) is 0.425. The molecule has 0 spiro atoms. The lowest BCUT2D eigenvalue weighted by Crippen LogP contribution is -2.34. The van der Waals surface area contributed by atoms with Crippen LogP contribution in [0.15, 0.2) is 36.5 Å². The third kappa shape index (κ3) is 10.4. The number of halogens is 1. The lowest BCUT2D eigenvalue weighted by Gasteiger charge is -2.19. The Morgan fingerprint density at radius 3 is 2.36 bits per heavy atom. The van der Waals surface area contributed by atoms with Crippen LogP contribution < -0.4 is 15.4 Å². The highest BCUT2D eigenvalue weighted by molar-refractivity contribution is 6.30. The number of rotatable bonds is 9. The van der Waals surface area contributed by atoms with Gasteiger partial charge in [0.15, 0.2) is 6.61 Å². The van der Waals surface area contributed by atoms with E-state index in [0.717, 1.165) is 0 Å². The summed E-state index contributed by atoms with van der Waals surface area (Å²) in [6.45, 7) is 9.58. The minimum absolute atomic E-state index is 0.0379.